The molecule has 0 aromatic heterocycles. The Kier molecular flexibility index (Phi) is 4.15. The zero-order valence-electron chi connectivity index (χ0n) is 18.7. The minimum atomic E-state index is -1.09. The number of aryl methyl sites for hydroxylation is 2. The van der Waals surface area contributed by atoms with Crippen LogP contribution in [0.1, 0.15) is 43.7 Å². The Morgan fingerprint density at radius 1 is 0.727 bits per heavy atom. The molecule has 0 fully saturated rings. The van der Waals surface area contributed by atoms with Crippen molar-refractivity contribution in [3.63, 3.8) is 0 Å². The molecule has 6 rings (SSSR count). The van der Waals surface area contributed by atoms with Crippen LogP contribution in [0.3, 0.4) is 0 Å². The Morgan fingerprint density at radius 3 is 2.09 bits per heavy atom. The van der Waals surface area contributed by atoms with Crippen molar-refractivity contribution >= 4 is 17.3 Å². The molecule has 0 unspecified atom stereocenters. The first-order chi connectivity index (χ1) is 16.0. The van der Waals surface area contributed by atoms with E-state index in [9.17, 15) is 4.79 Å². The molecule has 0 saturated heterocycles. The van der Waals surface area contributed by atoms with Crippen LogP contribution in [0, 0.1) is 20.8 Å². The summed E-state index contributed by atoms with van der Waals surface area (Å²) in [5, 5.41) is 3.66. The molecule has 4 aromatic carbocycles. The van der Waals surface area contributed by atoms with Gasteiger partial charge in [0.05, 0.1) is 11.3 Å². The molecule has 0 amide bonds. The molecule has 2 aliphatic rings. The van der Waals surface area contributed by atoms with Crippen molar-refractivity contribution in [2.24, 2.45) is 0 Å². The summed E-state index contributed by atoms with van der Waals surface area (Å²) in [6, 6.07) is 25.6. The maximum atomic E-state index is 13.3. The van der Waals surface area contributed by atoms with Gasteiger partial charge in [0.2, 0.25) is 0 Å². The van der Waals surface area contributed by atoms with Crippen LogP contribution >= 0.6 is 0 Å². The Bertz CT molecular complexity index is 1410. The van der Waals surface area contributed by atoms with Crippen molar-refractivity contribution < 1.29 is 14.3 Å². The van der Waals surface area contributed by atoms with E-state index >= 15 is 0 Å². The van der Waals surface area contributed by atoms with Gasteiger partial charge in [0.25, 0.3) is 0 Å². The van der Waals surface area contributed by atoms with Crippen LogP contribution in [0.5, 0.6) is 11.5 Å². The summed E-state index contributed by atoms with van der Waals surface area (Å²) < 4.78 is 12.6. The van der Waals surface area contributed by atoms with Gasteiger partial charge in [-0.15, -0.1) is 0 Å². The molecule has 0 atom stereocenters. The second-order valence-electron chi connectivity index (χ2n) is 8.72. The van der Waals surface area contributed by atoms with Crippen molar-refractivity contribution in [1.82, 2.24) is 0 Å². The third-order valence-corrected chi connectivity index (χ3v) is 6.85. The summed E-state index contributed by atoms with van der Waals surface area (Å²) in [6.07, 6.45) is 0. The molecule has 162 valence electrons. The Balaban J connectivity index is 1.69. The van der Waals surface area contributed by atoms with Crippen molar-refractivity contribution in [3.8, 4) is 11.5 Å². The number of carbonyl (C=O) groups excluding carboxylic acids is 1. The minimum absolute atomic E-state index is 0.333. The number of nitrogens with one attached hydrogen (secondary N) is 1. The van der Waals surface area contributed by atoms with Crippen molar-refractivity contribution in [3.05, 3.63) is 118 Å². The number of rotatable bonds is 2. The third kappa shape index (κ3) is 2.67. The van der Waals surface area contributed by atoms with Crippen molar-refractivity contribution in [2.45, 2.75) is 26.4 Å². The van der Waals surface area contributed by atoms with Crippen LogP contribution in [0.4, 0.5) is 11.4 Å². The topological polar surface area (TPSA) is 47.6 Å². The first kappa shape index (κ1) is 19.6. The quantitative estimate of drug-likeness (QED) is 0.349. The zero-order chi connectivity index (χ0) is 22.7. The van der Waals surface area contributed by atoms with E-state index < -0.39 is 5.60 Å². The zero-order valence-corrected chi connectivity index (χ0v) is 18.7. The lowest BCUT2D eigenvalue weighted by Crippen LogP contribution is -2.33. The number of hydrogen-bond acceptors (Lipinski definition) is 4. The number of carbonyl (C=O) groups is 1. The summed E-state index contributed by atoms with van der Waals surface area (Å²) in [4.78, 5) is 13.3. The number of benzene rings is 4. The summed E-state index contributed by atoms with van der Waals surface area (Å²) >= 11 is 0. The van der Waals surface area contributed by atoms with Crippen molar-refractivity contribution in [1.29, 1.82) is 0 Å². The van der Waals surface area contributed by atoms with E-state index in [4.69, 9.17) is 9.47 Å². The van der Waals surface area contributed by atoms with E-state index in [2.05, 4.69) is 38.2 Å². The van der Waals surface area contributed by atoms with Crippen LogP contribution in [0.2, 0.25) is 0 Å². The molecular weight excluding hydrogens is 410 g/mol. The van der Waals surface area contributed by atoms with Gasteiger partial charge in [0.1, 0.15) is 11.5 Å². The van der Waals surface area contributed by atoms with Crippen LogP contribution < -0.4 is 10.1 Å². The van der Waals surface area contributed by atoms with Crippen LogP contribution in [-0.2, 0) is 10.3 Å². The molecular formula is C29H23NO3. The van der Waals surface area contributed by atoms with E-state index in [0.29, 0.717) is 17.1 Å². The van der Waals surface area contributed by atoms with Gasteiger partial charge in [-0.3, -0.25) is 0 Å². The largest absolute Gasteiger partial charge is 0.456 e. The molecule has 0 bridgehead atoms. The van der Waals surface area contributed by atoms with E-state index in [0.717, 1.165) is 33.6 Å². The molecule has 4 heteroatoms. The fourth-order valence-electron chi connectivity index (χ4n) is 5.01. The maximum absolute atomic E-state index is 13.3. The smallest absolute Gasteiger partial charge is 0.340 e. The average Bonchev–Trinajstić information content (AvgIpc) is 3.12. The highest BCUT2D eigenvalue weighted by molar-refractivity contribution is 6.00. The van der Waals surface area contributed by atoms with Gasteiger partial charge >= 0.3 is 5.97 Å². The summed E-state index contributed by atoms with van der Waals surface area (Å²) in [5.41, 5.74) is 7.26. The third-order valence-electron chi connectivity index (χ3n) is 6.85. The lowest BCUT2D eigenvalue weighted by molar-refractivity contribution is 0.0226. The highest BCUT2D eigenvalue weighted by atomic mass is 16.6. The fraction of sp³-hybridized carbons (Fsp3) is 0.138. The van der Waals surface area contributed by atoms with E-state index in [-0.39, 0.29) is 5.97 Å². The summed E-state index contributed by atoms with van der Waals surface area (Å²) in [5.74, 6) is 1.05. The van der Waals surface area contributed by atoms with E-state index in [1.165, 1.54) is 11.1 Å². The first-order valence-electron chi connectivity index (χ1n) is 11.1. The normalized spacial score (nSPS) is 14.7. The Labute approximate surface area is 192 Å². The lowest BCUT2D eigenvalue weighted by Gasteiger charge is -2.37. The van der Waals surface area contributed by atoms with Gasteiger partial charge in [-0.2, -0.15) is 0 Å². The van der Waals surface area contributed by atoms with Crippen LogP contribution in [0.15, 0.2) is 78.9 Å². The van der Waals surface area contributed by atoms with Crippen LogP contribution in [0.25, 0.3) is 0 Å². The molecule has 33 heavy (non-hydrogen) atoms. The maximum Gasteiger partial charge on any atom is 0.340 e. The van der Waals surface area contributed by atoms with Gasteiger partial charge in [-0.25, -0.2) is 4.79 Å². The predicted molar refractivity (Wildman–Crippen MR) is 129 cm³/mol. The molecule has 4 nitrogen and oxygen atoms in total. The first-order valence-corrected chi connectivity index (χ1v) is 11.1. The lowest BCUT2D eigenvalue weighted by atomic mass is 9.76. The predicted octanol–water partition coefficient (Wildman–Crippen LogP) is 6.92. The minimum Gasteiger partial charge on any atom is -0.456 e. The highest BCUT2D eigenvalue weighted by Gasteiger charge is 2.55. The number of anilines is 2. The van der Waals surface area contributed by atoms with Gasteiger partial charge in [-0.1, -0.05) is 54.6 Å². The Morgan fingerprint density at radius 2 is 1.39 bits per heavy atom. The molecule has 0 aliphatic carbocycles. The van der Waals surface area contributed by atoms with E-state index in [1.807, 2.05) is 66.7 Å². The average molecular weight is 434 g/mol. The second kappa shape index (κ2) is 6.97. The van der Waals surface area contributed by atoms with Gasteiger partial charge in [0.15, 0.2) is 5.60 Å². The number of ether oxygens (including phenoxy) is 2. The van der Waals surface area contributed by atoms with Gasteiger partial charge < -0.3 is 14.8 Å². The molecule has 1 N–H and O–H groups in total. The molecule has 2 heterocycles. The van der Waals surface area contributed by atoms with Crippen molar-refractivity contribution in [2.75, 3.05) is 5.32 Å². The SMILES string of the molecule is Cc1cccc(Nc2c(C)ccc3c2C2(OC3=O)c3ccccc3Oc3ccccc32)c1C. The summed E-state index contributed by atoms with van der Waals surface area (Å²) in [7, 11) is 0. The molecule has 2 aliphatic heterocycles. The van der Waals surface area contributed by atoms with Crippen LogP contribution in [-0.4, -0.2) is 5.97 Å². The molecule has 0 radical (unpaired) electrons. The molecule has 0 saturated carbocycles. The molecule has 4 aromatic rings. The number of hydrogen-bond donors (Lipinski definition) is 1. The number of fused-ring (bicyclic) bond motifs is 6. The summed E-state index contributed by atoms with van der Waals surface area (Å²) in [6.45, 7) is 6.26. The molecule has 1 spiro atoms. The monoisotopic (exact) mass is 433 g/mol. The Hall–Kier alpha value is -4.05. The fourth-order valence-corrected chi connectivity index (χ4v) is 5.01. The second-order valence-corrected chi connectivity index (χ2v) is 8.72. The van der Waals surface area contributed by atoms with E-state index in [1.54, 1.807) is 0 Å². The van der Waals surface area contributed by atoms with Gasteiger partial charge in [0, 0.05) is 22.4 Å². The highest BCUT2D eigenvalue weighted by Crippen LogP contribution is 2.58. The number of para-hydroxylation sites is 2. The van der Waals surface area contributed by atoms with Gasteiger partial charge in [-0.05, 0) is 61.7 Å². The number of esters is 1. The standard InChI is InChI=1S/C29H23NO3/c1-17-9-8-12-23(19(17)3)30-27-18(2)15-16-20-26(27)29(33-28(20)31)21-10-4-6-13-24(21)32-25-14-7-5-11-22(25)29/h4-16,30H,1-3H3.